The van der Waals surface area contributed by atoms with Gasteiger partial charge in [-0.1, -0.05) is 60.7 Å². The van der Waals surface area contributed by atoms with Crippen molar-refractivity contribution in [2.45, 2.75) is 12.2 Å². The predicted molar refractivity (Wildman–Crippen MR) is 73.8 cm³/mol. The summed E-state index contributed by atoms with van der Waals surface area (Å²) in [5, 5.41) is 18.4. The van der Waals surface area contributed by atoms with Gasteiger partial charge in [-0.15, -0.1) is 0 Å². The number of aliphatic hydroxyl groups excluding tert-OH is 2. The molecule has 0 amide bonds. The van der Waals surface area contributed by atoms with E-state index in [0.717, 1.165) is 11.1 Å². The van der Waals surface area contributed by atoms with Crippen LogP contribution in [0.15, 0.2) is 60.7 Å². The zero-order valence-electron chi connectivity index (χ0n) is 10.6. The summed E-state index contributed by atoms with van der Waals surface area (Å²) >= 11 is 0. The fourth-order valence-electron chi connectivity index (χ4n) is 1.94. The fourth-order valence-corrected chi connectivity index (χ4v) is 1.94. The van der Waals surface area contributed by atoms with E-state index >= 15 is 0 Å². The average molecular weight is 258 g/mol. The Kier molecular flexibility index (Phi) is 5.10. The van der Waals surface area contributed by atoms with Crippen molar-refractivity contribution in [3.63, 3.8) is 0 Å². The van der Waals surface area contributed by atoms with E-state index in [-0.39, 0.29) is 19.3 Å². The highest BCUT2D eigenvalue weighted by molar-refractivity contribution is 5.29. The lowest BCUT2D eigenvalue weighted by Crippen LogP contribution is -2.25. The van der Waals surface area contributed by atoms with Crippen LogP contribution in [0.25, 0.3) is 0 Å². The Bertz CT molecular complexity index is 426. The molecule has 0 atom stereocenters. The Morgan fingerprint density at radius 2 is 1.16 bits per heavy atom. The van der Waals surface area contributed by atoms with Crippen molar-refractivity contribution in [2.24, 2.45) is 0 Å². The normalized spacial score (nSPS) is 11.2. The van der Waals surface area contributed by atoms with E-state index in [0.29, 0.717) is 0 Å². The molecule has 0 aliphatic carbocycles. The zero-order chi connectivity index (χ0) is 13.5. The molecule has 0 fully saturated rings. The van der Waals surface area contributed by atoms with E-state index < -0.39 is 6.10 Å². The van der Waals surface area contributed by atoms with Gasteiger partial charge in [0.2, 0.25) is 0 Å². The summed E-state index contributed by atoms with van der Waals surface area (Å²) in [5.74, 6) is 0. The monoisotopic (exact) mass is 258 g/mol. The molecule has 2 aromatic carbocycles. The number of hydrogen-bond donors (Lipinski definition) is 2. The maximum atomic E-state index is 9.18. The molecule has 2 rings (SSSR count). The van der Waals surface area contributed by atoms with Gasteiger partial charge in [-0.25, -0.2) is 0 Å². The Hall–Kier alpha value is -1.68. The van der Waals surface area contributed by atoms with Crippen LogP contribution >= 0.6 is 0 Å². The van der Waals surface area contributed by atoms with Gasteiger partial charge >= 0.3 is 0 Å². The standard InChI is InChI=1S/C16H18O3/c17-11-15(12-18)19-16(13-7-3-1-4-8-13)14-9-5-2-6-10-14/h1-10,15-18H,11-12H2. The molecule has 2 aromatic rings. The molecule has 0 aromatic heterocycles. The van der Waals surface area contributed by atoms with Crippen molar-refractivity contribution < 1.29 is 14.9 Å². The Morgan fingerprint density at radius 3 is 1.53 bits per heavy atom. The molecular weight excluding hydrogens is 240 g/mol. The maximum absolute atomic E-state index is 9.18. The predicted octanol–water partition coefficient (Wildman–Crippen LogP) is 2.15. The first-order chi connectivity index (χ1) is 9.35. The molecule has 0 aliphatic rings. The van der Waals surface area contributed by atoms with Gasteiger partial charge in [0.25, 0.3) is 0 Å². The number of hydrogen-bond acceptors (Lipinski definition) is 3. The minimum Gasteiger partial charge on any atom is -0.394 e. The minimum atomic E-state index is -0.578. The first kappa shape index (κ1) is 13.7. The molecule has 0 bridgehead atoms. The molecule has 0 spiro atoms. The average Bonchev–Trinajstić information content (AvgIpc) is 2.50. The van der Waals surface area contributed by atoms with E-state index in [1.54, 1.807) is 0 Å². The molecule has 0 unspecified atom stereocenters. The van der Waals surface area contributed by atoms with Crippen LogP contribution in [0, 0.1) is 0 Å². The smallest absolute Gasteiger partial charge is 0.108 e. The second-order valence-electron chi connectivity index (χ2n) is 4.32. The fraction of sp³-hybridized carbons (Fsp3) is 0.250. The van der Waals surface area contributed by atoms with Crippen molar-refractivity contribution in [3.05, 3.63) is 71.8 Å². The zero-order valence-corrected chi connectivity index (χ0v) is 10.6. The molecular formula is C16H18O3. The third-order valence-electron chi connectivity index (χ3n) is 2.94. The summed E-state index contributed by atoms with van der Waals surface area (Å²) in [6.45, 7) is -0.403. The molecule has 3 heteroatoms. The van der Waals surface area contributed by atoms with Gasteiger partial charge in [0.05, 0.1) is 13.2 Å². The highest BCUT2D eigenvalue weighted by atomic mass is 16.5. The van der Waals surface area contributed by atoms with E-state index in [4.69, 9.17) is 4.74 Å². The first-order valence-electron chi connectivity index (χ1n) is 6.32. The molecule has 100 valence electrons. The van der Waals surface area contributed by atoms with Crippen LogP contribution < -0.4 is 0 Å². The number of aliphatic hydroxyl groups is 2. The molecule has 0 saturated carbocycles. The molecule has 0 radical (unpaired) electrons. The Morgan fingerprint density at radius 1 is 0.737 bits per heavy atom. The van der Waals surface area contributed by atoms with Crippen molar-refractivity contribution in [3.8, 4) is 0 Å². The summed E-state index contributed by atoms with van der Waals surface area (Å²) in [4.78, 5) is 0. The number of rotatable bonds is 6. The third-order valence-corrected chi connectivity index (χ3v) is 2.94. The van der Waals surface area contributed by atoms with E-state index in [1.807, 2.05) is 60.7 Å². The molecule has 0 saturated heterocycles. The van der Waals surface area contributed by atoms with Gasteiger partial charge in [0, 0.05) is 0 Å². The maximum Gasteiger partial charge on any atom is 0.108 e. The van der Waals surface area contributed by atoms with Crippen LogP contribution in [0.2, 0.25) is 0 Å². The van der Waals surface area contributed by atoms with Crippen LogP contribution in [0.1, 0.15) is 17.2 Å². The van der Waals surface area contributed by atoms with Crippen LogP contribution in [0.5, 0.6) is 0 Å². The highest BCUT2D eigenvalue weighted by Crippen LogP contribution is 2.26. The van der Waals surface area contributed by atoms with Crippen molar-refractivity contribution in [1.82, 2.24) is 0 Å². The minimum absolute atomic E-state index is 0.202. The van der Waals surface area contributed by atoms with Crippen molar-refractivity contribution in [1.29, 1.82) is 0 Å². The van der Waals surface area contributed by atoms with Gasteiger partial charge in [-0.3, -0.25) is 0 Å². The van der Waals surface area contributed by atoms with Crippen molar-refractivity contribution >= 4 is 0 Å². The Balaban J connectivity index is 2.29. The van der Waals surface area contributed by atoms with Gasteiger partial charge in [-0.2, -0.15) is 0 Å². The quantitative estimate of drug-likeness (QED) is 0.834. The topological polar surface area (TPSA) is 49.7 Å². The molecule has 3 nitrogen and oxygen atoms in total. The summed E-state index contributed by atoms with van der Waals surface area (Å²) < 4.78 is 5.82. The molecule has 19 heavy (non-hydrogen) atoms. The SMILES string of the molecule is OCC(CO)OC(c1ccccc1)c1ccccc1. The summed E-state index contributed by atoms with van der Waals surface area (Å²) in [6, 6.07) is 19.6. The van der Waals surface area contributed by atoms with Gasteiger partial charge < -0.3 is 14.9 Å². The number of benzene rings is 2. The third kappa shape index (κ3) is 3.64. The second-order valence-corrected chi connectivity index (χ2v) is 4.32. The van der Waals surface area contributed by atoms with Crippen LogP contribution in [0.4, 0.5) is 0 Å². The Labute approximate surface area is 113 Å². The number of ether oxygens (including phenoxy) is 1. The lowest BCUT2D eigenvalue weighted by Gasteiger charge is -2.23. The summed E-state index contributed by atoms with van der Waals surface area (Å²) in [6.07, 6.45) is -0.864. The lowest BCUT2D eigenvalue weighted by molar-refractivity contribution is -0.0497. The lowest BCUT2D eigenvalue weighted by atomic mass is 10.0. The van der Waals surface area contributed by atoms with Gasteiger partial charge in [0.1, 0.15) is 12.2 Å². The van der Waals surface area contributed by atoms with E-state index in [9.17, 15) is 10.2 Å². The van der Waals surface area contributed by atoms with E-state index in [1.165, 1.54) is 0 Å². The van der Waals surface area contributed by atoms with E-state index in [2.05, 4.69) is 0 Å². The summed E-state index contributed by atoms with van der Waals surface area (Å²) in [5.41, 5.74) is 2.00. The van der Waals surface area contributed by atoms with Gasteiger partial charge in [0.15, 0.2) is 0 Å². The van der Waals surface area contributed by atoms with Crippen LogP contribution in [-0.2, 0) is 4.74 Å². The van der Waals surface area contributed by atoms with Crippen LogP contribution in [-0.4, -0.2) is 29.5 Å². The highest BCUT2D eigenvalue weighted by Gasteiger charge is 2.19. The first-order valence-corrected chi connectivity index (χ1v) is 6.32. The second kappa shape index (κ2) is 7.04. The summed E-state index contributed by atoms with van der Waals surface area (Å²) in [7, 11) is 0. The van der Waals surface area contributed by atoms with Gasteiger partial charge in [-0.05, 0) is 11.1 Å². The molecule has 0 aliphatic heterocycles. The molecule has 2 N–H and O–H groups in total. The molecule has 0 heterocycles. The van der Waals surface area contributed by atoms with Crippen LogP contribution in [0.3, 0.4) is 0 Å². The van der Waals surface area contributed by atoms with Crippen molar-refractivity contribution in [2.75, 3.05) is 13.2 Å². The largest absolute Gasteiger partial charge is 0.394 e.